The summed E-state index contributed by atoms with van der Waals surface area (Å²) in [4.78, 5) is 14.5. The molecule has 0 aliphatic carbocycles. The zero-order valence-corrected chi connectivity index (χ0v) is 28.6. The van der Waals surface area contributed by atoms with Gasteiger partial charge in [-0.1, -0.05) is 139 Å². The standard InChI is InChI=1S/C49H29N5/c1-3-14-31(15-4-1)47-50-48(32-16-5-2-6-17-32)52-49(51-47)33-18-11-19-34(27-33)53-42-26-25-30-13-7-8-20-35(30)45(42)40-28-39-38-23-12-22-37-36-21-9-10-24-41(36)54(46(37)38)43(39)29-44(40)53/h1-29H/i1D,3D,4D,14D,15D. The first-order valence-corrected chi connectivity index (χ1v) is 17.9. The molecule has 0 aliphatic heterocycles. The van der Waals surface area contributed by atoms with Crippen LogP contribution in [0, 0.1) is 0 Å². The van der Waals surface area contributed by atoms with Crippen LogP contribution in [0.25, 0.3) is 111 Å². The average molecular weight is 693 g/mol. The Morgan fingerprint density at radius 2 is 1.07 bits per heavy atom. The molecule has 0 fully saturated rings. The highest BCUT2D eigenvalue weighted by molar-refractivity contribution is 6.28. The molecule has 0 saturated heterocycles. The first-order chi connectivity index (χ1) is 28.9. The molecule has 4 heterocycles. The van der Waals surface area contributed by atoms with Crippen molar-refractivity contribution in [2.24, 2.45) is 0 Å². The van der Waals surface area contributed by atoms with Gasteiger partial charge in [-0.25, -0.2) is 15.0 Å². The lowest BCUT2D eigenvalue weighted by atomic mass is 10.0. The first-order valence-electron chi connectivity index (χ1n) is 20.4. The number of aromatic nitrogens is 5. The van der Waals surface area contributed by atoms with Gasteiger partial charge < -0.3 is 8.97 Å². The van der Waals surface area contributed by atoms with Crippen molar-refractivity contribution >= 4 is 70.7 Å². The van der Waals surface area contributed by atoms with Gasteiger partial charge in [-0.2, -0.15) is 0 Å². The smallest absolute Gasteiger partial charge is 0.164 e. The topological polar surface area (TPSA) is 48.0 Å². The third-order valence-corrected chi connectivity index (χ3v) is 10.8. The summed E-state index contributed by atoms with van der Waals surface area (Å²) in [5.41, 5.74) is 7.81. The molecule has 0 radical (unpaired) electrons. The second-order valence-electron chi connectivity index (χ2n) is 13.7. The van der Waals surface area contributed by atoms with Crippen molar-refractivity contribution in [2.45, 2.75) is 0 Å². The van der Waals surface area contributed by atoms with Crippen LogP contribution < -0.4 is 0 Å². The Morgan fingerprint density at radius 1 is 0.407 bits per heavy atom. The van der Waals surface area contributed by atoms with Gasteiger partial charge in [-0.3, -0.25) is 0 Å². The normalized spacial score (nSPS) is 13.4. The van der Waals surface area contributed by atoms with Gasteiger partial charge >= 0.3 is 0 Å². The molecule has 250 valence electrons. The Balaban J connectivity index is 1.15. The lowest BCUT2D eigenvalue weighted by molar-refractivity contribution is 1.07. The molecule has 0 saturated carbocycles. The van der Waals surface area contributed by atoms with Gasteiger partial charge in [0.1, 0.15) is 0 Å². The van der Waals surface area contributed by atoms with Gasteiger partial charge in [-0.05, 0) is 47.2 Å². The minimum absolute atomic E-state index is 0.0000163. The SMILES string of the molecule is [2H]c1c([2H])c([2H])c(-c2nc(-c3ccccc3)nc(-c3cccc(-n4c5cc6c(cc5c5c7ccccc7ccc54)c4cccc5c7ccccc7n6c54)c3)n2)c([2H])c1[2H]. The van der Waals surface area contributed by atoms with Crippen LogP contribution in [0.1, 0.15) is 6.85 Å². The summed E-state index contributed by atoms with van der Waals surface area (Å²) in [6, 6.07) is 48.1. The van der Waals surface area contributed by atoms with Crippen LogP contribution in [-0.4, -0.2) is 23.9 Å². The van der Waals surface area contributed by atoms with E-state index in [1.807, 2.05) is 42.5 Å². The Hall–Kier alpha value is -7.37. The molecular formula is C49H29N5. The molecular weight excluding hydrogens is 659 g/mol. The maximum atomic E-state index is 8.75. The molecule has 0 atom stereocenters. The highest BCUT2D eigenvalue weighted by Gasteiger charge is 2.22. The molecule has 0 N–H and O–H groups in total. The molecule has 54 heavy (non-hydrogen) atoms. The summed E-state index contributed by atoms with van der Waals surface area (Å²) in [7, 11) is 0. The molecule has 12 rings (SSSR count). The van der Waals surface area contributed by atoms with Crippen molar-refractivity contribution < 1.29 is 6.85 Å². The minimum Gasteiger partial charge on any atom is -0.309 e. The van der Waals surface area contributed by atoms with E-state index in [0.717, 1.165) is 38.4 Å². The number of nitrogens with zero attached hydrogens (tertiary/aromatic N) is 5. The van der Waals surface area contributed by atoms with Crippen LogP contribution in [0.5, 0.6) is 0 Å². The third kappa shape index (κ3) is 4.12. The zero-order chi connectivity index (χ0) is 39.7. The fourth-order valence-corrected chi connectivity index (χ4v) is 8.47. The summed E-state index contributed by atoms with van der Waals surface area (Å²) in [5, 5.41) is 9.51. The van der Waals surface area contributed by atoms with Crippen molar-refractivity contribution in [3.05, 3.63) is 176 Å². The van der Waals surface area contributed by atoms with Crippen LogP contribution in [0.4, 0.5) is 0 Å². The average Bonchev–Trinajstić information content (AvgIpc) is 3.92. The molecule has 0 amide bonds. The maximum Gasteiger partial charge on any atom is 0.164 e. The Labute approximate surface area is 316 Å². The van der Waals surface area contributed by atoms with E-state index >= 15 is 0 Å². The van der Waals surface area contributed by atoms with Gasteiger partial charge in [0.05, 0.1) is 34.4 Å². The van der Waals surface area contributed by atoms with Crippen LogP contribution in [0.2, 0.25) is 0 Å². The molecule has 0 aliphatic rings. The lowest BCUT2D eigenvalue weighted by Gasteiger charge is -2.12. The molecule has 12 aromatic rings. The monoisotopic (exact) mass is 692 g/mol. The van der Waals surface area contributed by atoms with Gasteiger partial charge in [0.15, 0.2) is 17.5 Å². The van der Waals surface area contributed by atoms with E-state index in [1.54, 1.807) is 0 Å². The quantitative estimate of drug-likeness (QED) is 0.184. The summed E-state index contributed by atoms with van der Waals surface area (Å²) in [6.07, 6.45) is 0. The first kappa shape index (κ1) is 24.8. The van der Waals surface area contributed by atoms with E-state index in [1.165, 1.54) is 38.0 Å². The molecule has 0 unspecified atom stereocenters. The predicted molar refractivity (Wildman–Crippen MR) is 223 cm³/mol. The van der Waals surface area contributed by atoms with Gasteiger partial charge in [0, 0.05) is 54.7 Å². The number of hydrogen-bond acceptors (Lipinski definition) is 3. The number of fused-ring (bicyclic) bond motifs is 11. The Kier molecular flexibility index (Phi) is 5.07. The summed E-state index contributed by atoms with van der Waals surface area (Å²) in [6.45, 7) is 0. The van der Waals surface area contributed by atoms with E-state index in [2.05, 4.69) is 112 Å². The van der Waals surface area contributed by atoms with Gasteiger partial charge in [0.25, 0.3) is 0 Å². The molecule has 0 bridgehead atoms. The van der Waals surface area contributed by atoms with Crippen LogP contribution in [0.15, 0.2) is 176 Å². The highest BCUT2D eigenvalue weighted by Crippen LogP contribution is 2.44. The molecule has 5 heteroatoms. The third-order valence-electron chi connectivity index (χ3n) is 10.8. The lowest BCUT2D eigenvalue weighted by Crippen LogP contribution is -2.01. The summed E-state index contributed by atoms with van der Waals surface area (Å²) < 4.78 is 47.1. The Bertz CT molecular complexity index is 3710. The second kappa shape index (κ2) is 11.1. The van der Waals surface area contributed by atoms with E-state index in [4.69, 9.17) is 21.8 Å². The number of rotatable bonds is 4. The zero-order valence-electron chi connectivity index (χ0n) is 33.6. The van der Waals surface area contributed by atoms with Crippen molar-refractivity contribution in [2.75, 3.05) is 0 Å². The van der Waals surface area contributed by atoms with Crippen LogP contribution >= 0.6 is 0 Å². The fourth-order valence-electron chi connectivity index (χ4n) is 8.47. The van der Waals surface area contributed by atoms with Crippen LogP contribution in [0.3, 0.4) is 0 Å². The number of benzene rings is 8. The second-order valence-corrected chi connectivity index (χ2v) is 13.7. The molecule has 0 spiro atoms. The summed E-state index contributed by atoms with van der Waals surface area (Å²) >= 11 is 0. The van der Waals surface area contributed by atoms with Gasteiger partial charge in [0.2, 0.25) is 0 Å². The van der Waals surface area contributed by atoms with E-state index in [9.17, 15) is 0 Å². The Morgan fingerprint density at radius 3 is 1.93 bits per heavy atom. The number of hydrogen-bond donors (Lipinski definition) is 0. The highest BCUT2D eigenvalue weighted by atomic mass is 15.0. The predicted octanol–water partition coefficient (Wildman–Crippen LogP) is 12.3. The van der Waals surface area contributed by atoms with E-state index in [0.29, 0.717) is 22.8 Å². The van der Waals surface area contributed by atoms with Crippen molar-refractivity contribution in [3.8, 4) is 39.9 Å². The van der Waals surface area contributed by atoms with Crippen molar-refractivity contribution in [1.29, 1.82) is 0 Å². The number of para-hydroxylation sites is 2. The molecule has 4 aromatic heterocycles. The van der Waals surface area contributed by atoms with Crippen LogP contribution in [-0.2, 0) is 0 Å². The molecule has 5 nitrogen and oxygen atoms in total. The molecule has 8 aromatic carbocycles. The summed E-state index contributed by atoms with van der Waals surface area (Å²) in [5.74, 6) is 0.637. The van der Waals surface area contributed by atoms with Gasteiger partial charge in [-0.15, -0.1) is 0 Å². The van der Waals surface area contributed by atoms with Crippen molar-refractivity contribution in [3.63, 3.8) is 0 Å². The van der Waals surface area contributed by atoms with E-state index in [-0.39, 0.29) is 23.5 Å². The van der Waals surface area contributed by atoms with Crippen molar-refractivity contribution in [1.82, 2.24) is 23.9 Å². The fraction of sp³-hybridized carbons (Fsp3) is 0. The van der Waals surface area contributed by atoms with E-state index < -0.39 is 18.1 Å². The minimum atomic E-state index is -0.475. The maximum absolute atomic E-state index is 8.75. The largest absolute Gasteiger partial charge is 0.309 e.